The van der Waals surface area contributed by atoms with Gasteiger partial charge in [-0.25, -0.2) is 9.97 Å². The van der Waals surface area contributed by atoms with Crippen molar-refractivity contribution < 1.29 is 10.2 Å². The summed E-state index contributed by atoms with van der Waals surface area (Å²) in [5.74, 6) is 1.81. The topological polar surface area (TPSA) is 97.8 Å². The lowest BCUT2D eigenvalue weighted by molar-refractivity contribution is 0.287. The number of H-pyrrole nitrogens is 2. The summed E-state index contributed by atoms with van der Waals surface area (Å²) >= 11 is 0. The van der Waals surface area contributed by atoms with Crippen molar-refractivity contribution in [3.05, 3.63) is 48.0 Å². The van der Waals surface area contributed by atoms with Crippen molar-refractivity contribution in [2.24, 2.45) is 0 Å². The number of imidazole rings is 2. The molecule has 0 amide bonds. The smallest absolute Gasteiger partial charge is 0.107 e. The summed E-state index contributed by atoms with van der Waals surface area (Å²) in [7, 11) is 0. The Bertz CT molecular complexity index is 951. The van der Waals surface area contributed by atoms with Crippen LogP contribution >= 0.6 is 0 Å². The van der Waals surface area contributed by atoms with Crippen LogP contribution in [0.3, 0.4) is 0 Å². The molecule has 26 heavy (non-hydrogen) atoms. The molecule has 2 heterocycles. The quantitative estimate of drug-likeness (QED) is 0.412. The van der Waals surface area contributed by atoms with Gasteiger partial charge < -0.3 is 20.2 Å². The molecule has 0 aliphatic carbocycles. The molecule has 0 aliphatic heterocycles. The molecule has 2 aromatic heterocycles. The standard InChI is InChI=1S/C20H22N4O2/c25-9-1-3-19-21-15-7-5-13(11-17(15)23-19)14-6-8-16-18(12-14)24-20(22-16)4-2-10-26/h5-8,11-12,25-26H,1-4,9-10H2,(H,21,23)(H,22,24). The molecule has 0 saturated carbocycles. The van der Waals surface area contributed by atoms with Crippen LogP contribution in [-0.2, 0) is 12.8 Å². The molecule has 6 heteroatoms. The minimum Gasteiger partial charge on any atom is -0.396 e. The summed E-state index contributed by atoms with van der Waals surface area (Å²) in [6.45, 7) is 0.347. The van der Waals surface area contributed by atoms with Gasteiger partial charge in [0.1, 0.15) is 11.6 Å². The highest BCUT2D eigenvalue weighted by Gasteiger charge is 2.08. The second kappa shape index (κ2) is 7.27. The SMILES string of the molecule is OCCCc1nc2ccc(-c3ccc4nc(CCCO)[nH]c4c3)cc2[nH]1. The number of aliphatic hydroxyl groups is 2. The van der Waals surface area contributed by atoms with E-state index in [2.05, 4.69) is 44.2 Å². The summed E-state index contributed by atoms with van der Waals surface area (Å²) < 4.78 is 0. The zero-order valence-electron chi connectivity index (χ0n) is 14.5. The summed E-state index contributed by atoms with van der Waals surface area (Å²) in [6.07, 6.45) is 2.91. The molecule has 0 bridgehead atoms. The van der Waals surface area contributed by atoms with Gasteiger partial charge in [0, 0.05) is 26.1 Å². The van der Waals surface area contributed by atoms with E-state index in [1.807, 2.05) is 12.1 Å². The van der Waals surface area contributed by atoms with Crippen LogP contribution in [0.2, 0.25) is 0 Å². The lowest BCUT2D eigenvalue weighted by Crippen LogP contribution is -1.90. The van der Waals surface area contributed by atoms with Crippen LogP contribution in [0, 0.1) is 0 Å². The van der Waals surface area contributed by atoms with E-state index in [4.69, 9.17) is 10.2 Å². The summed E-state index contributed by atoms with van der Waals surface area (Å²) in [5.41, 5.74) is 6.12. The Kier molecular flexibility index (Phi) is 4.69. The average molecular weight is 350 g/mol. The Hall–Kier alpha value is -2.70. The van der Waals surface area contributed by atoms with Crippen molar-refractivity contribution in [3.63, 3.8) is 0 Å². The van der Waals surface area contributed by atoms with Crippen molar-refractivity contribution in [2.75, 3.05) is 13.2 Å². The number of benzene rings is 2. The average Bonchev–Trinajstić information content (AvgIpc) is 3.26. The molecule has 0 radical (unpaired) electrons. The number of aromatic nitrogens is 4. The number of aryl methyl sites for hydroxylation is 2. The molecular formula is C20H22N4O2. The van der Waals surface area contributed by atoms with Gasteiger partial charge in [0.2, 0.25) is 0 Å². The first-order valence-corrected chi connectivity index (χ1v) is 8.96. The number of hydrogen-bond donors (Lipinski definition) is 4. The molecule has 0 unspecified atom stereocenters. The number of fused-ring (bicyclic) bond motifs is 2. The van der Waals surface area contributed by atoms with Gasteiger partial charge in [0.15, 0.2) is 0 Å². The van der Waals surface area contributed by atoms with E-state index in [1.54, 1.807) is 0 Å². The van der Waals surface area contributed by atoms with Crippen molar-refractivity contribution in [1.29, 1.82) is 0 Å². The van der Waals surface area contributed by atoms with E-state index in [0.717, 1.165) is 57.7 Å². The van der Waals surface area contributed by atoms with Crippen molar-refractivity contribution >= 4 is 22.1 Å². The highest BCUT2D eigenvalue weighted by Crippen LogP contribution is 2.26. The van der Waals surface area contributed by atoms with Gasteiger partial charge in [-0.1, -0.05) is 12.1 Å². The number of aromatic amines is 2. The normalized spacial score (nSPS) is 11.6. The molecule has 0 fully saturated rings. The highest BCUT2D eigenvalue weighted by atomic mass is 16.3. The Morgan fingerprint density at radius 3 is 1.58 bits per heavy atom. The van der Waals surface area contributed by atoms with Crippen LogP contribution in [0.15, 0.2) is 36.4 Å². The molecule has 0 atom stereocenters. The third-order valence-corrected chi connectivity index (χ3v) is 4.54. The Morgan fingerprint density at radius 1 is 0.692 bits per heavy atom. The van der Waals surface area contributed by atoms with E-state index >= 15 is 0 Å². The van der Waals surface area contributed by atoms with Crippen LogP contribution in [-0.4, -0.2) is 43.4 Å². The van der Waals surface area contributed by atoms with Gasteiger partial charge in [-0.3, -0.25) is 0 Å². The number of hydrogen-bond acceptors (Lipinski definition) is 4. The van der Waals surface area contributed by atoms with Crippen LogP contribution in [0.5, 0.6) is 0 Å². The summed E-state index contributed by atoms with van der Waals surface area (Å²) in [6, 6.07) is 12.4. The largest absolute Gasteiger partial charge is 0.396 e. The molecule has 4 aromatic rings. The van der Waals surface area contributed by atoms with Crippen LogP contribution in [0.25, 0.3) is 33.2 Å². The molecule has 0 saturated heterocycles. The predicted molar refractivity (Wildman–Crippen MR) is 102 cm³/mol. The Balaban J connectivity index is 1.65. The number of nitrogens with one attached hydrogen (secondary N) is 2. The number of nitrogens with zero attached hydrogens (tertiary/aromatic N) is 2. The lowest BCUT2D eigenvalue weighted by atomic mass is 10.0. The third kappa shape index (κ3) is 3.34. The van der Waals surface area contributed by atoms with Gasteiger partial charge in [-0.05, 0) is 48.2 Å². The fraction of sp³-hybridized carbons (Fsp3) is 0.300. The van der Waals surface area contributed by atoms with E-state index in [0.29, 0.717) is 12.8 Å². The van der Waals surface area contributed by atoms with Crippen molar-refractivity contribution in [2.45, 2.75) is 25.7 Å². The van der Waals surface area contributed by atoms with Crippen LogP contribution < -0.4 is 0 Å². The molecule has 0 spiro atoms. The Morgan fingerprint density at radius 2 is 1.15 bits per heavy atom. The molecule has 134 valence electrons. The number of rotatable bonds is 7. The fourth-order valence-electron chi connectivity index (χ4n) is 3.21. The van der Waals surface area contributed by atoms with Gasteiger partial charge in [0.05, 0.1) is 22.1 Å². The minimum atomic E-state index is 0.173. The molecule has 4 N–H and O–H groups in total. The van der Waals surface area contributed by atoms with Gasteiger partial charge in [-0.15, -0.1) is 0 Å². The minimum absolute atomic E-state index is 0.173. The summed E-state index contributed by atoms with van der Waals surface area (Å²) in [4.78, 5) is 15.8. The fourth-order valence-corrected chi connectivity index (χ4v) is 3.21. The second-order valence-corrected chi connectivity index (χ2v) is 6.49. The van der Waals surface area contributed by atoms with Crippen LogP contribution in [0.4, 0.5) is 0 Å². The first kappa shape index (κ1) is 16.8. The van der Waals surface area contributed by atoms with Crippen molar-refractivity contribution in [1.82, 2.24) is 19.9 Å². The highest BCUT2D eigenvalue weighted by molar-refractivity contribution is 5.86. The predicted octanol–water partition coefficient (Wildman–Crippen LogP) is 2.96. The molecule has 2 aromatic carbocycles. The maximum atomic E-state index is 8.97. The maximum Gasteiger partial charge on any atom is 0.107 e. The van der Waals surface area contributed by atoms with E-state index in [-0.39, 0.29) is 13.2 Å². The van der Waals surface area contributed by atoms with Gasteiger partial charge in [-0.2, -0.15) is 0 Å². The van der Waals surface area contributed by atoms with Gasteiger partial charge >= 0.3 is 0 Å². The monoisotopic (exact) mass is 350 g/mol. The van der Waals surface area contributed by atoms with E-state index in [1.165, 1.54) is 0 Å². The molecule has 4 rings (SSSR count). The lowest BCUT2D eigenvalue weighted by Gasteiger charge is -2.01. The molecule has 0 aliphatic rings. The van der Waals surface area contributed by atoms with E-state index < -0.39 is 0 Å². The Labute approximate surface area is 150 Å². The van der Waals surface area contributed by atoms with Crippen LogP contribution in [0.1, 0.15) is 24.5 Å². The van der Waals surface area contributed by atoms with Gasteiger partial charge in [0.25, 0.3) is 0 Å². The first-order valence-electron chi connectivity index (χ1n) is 8.96. The van der Waals surface area contributed by atoms with Crippen molar-refractivity contribution in [3.8, 4) is 11.1 Å². The zero-order valence-corrected chi connectivity index (χ0v) is 14.5. The maximum absolute atomic E-state index is 8.97. The number of aliphatic hydroxyl groups excluding tert-OH is 2. The third-order valence-electron chi connectivity index (χ3n) is 4.54. The molecule has 6 nitrogen and oxygen atoms in total. The zero-order chi connectivity index (χ0) is 17.9. The second-order valence-electron chi connectivity index (χ2n) is 6.49. The first-order chi connectivity index (χ1) is 12.8. The van der Waals surface area contributed by atoms with E-state index in [9.17, 15) is 0 Å². The molecular weight excluding hydrogens is 328 g/mol. The summed E-state index contributed by atoms with van der Waals surface area (Å²) in [5, 5.41) is 17.9.